The smallest absolute Gasteiger partial charge is 0.407 e. The zero-order valence-corrected chi connectivity index (χ0v) is 23.5. The molecule has 0 spiro atoms. The highest BCUT2D eigenvalue weighted by atomic mass is 32.2. The van der Waals surface area contributed by atoms with Gasteiger partial charge >= 0.3 is 6.09 Å². The maximum atomic E-state index is 13.8. The maximum Gasteiger partial charge on any atom is 0.407 e. The topological polar surface area (TPSA) is 102 Å². The van der Waals surface area contributed by atoms with Crippen molar-refractivity contribution >= 4 is 35.4 Å². The summed E-state index contributed by atoms with van der Waals surface area (Å²) < 4.78 is 5.73. The van der Waals surface area contributed by atoms with Gasteiger partial charge in [0.05, 0.1) is 5.69 Å². The zero-order valence-electron chi connectivity index (χ0n) is 22.7. The molecule has 0 saturated heterocycles. The molecule has 40 heavy (non-hydrogen) atoms. The molecule has 3 aromatic carbocycles. The number of fused-ring (bicyclic) bond motifs is 4. The van der Waals surface area contributed by atoms with Crippen molar-refractivity contribution in [3.63, 3.8) is 0 Å². The highest BCUT2D eigenvalue weighted by Crippen LogP contribution is 2.44. The summed E-state index contributed by atoms with van der Waals surface area (Å²) in [5, 5.41) is 2.83. The summed E-state index contributed by atoms with van der Waals surface area (Å²) in [6.45, 7) is 2.84. The van der Waals surface area contributed by atoms with E-state index in [1.807, 2.05) is 30.3 Å². The van der Waals surface area contributed by atoms with E-state index in [0.717, 1.165) is 59.3 Å². The Kier molecular flexibility index (Phi) is 8.75. The van der Waals surface area contributed by atoms with Crippen LogP contribution in [0.2, 0.25) is 0 Å². The Morgan fingerprint density at radius 1 is 0.975 bits per heavy atom. The third-order valence-electron chi connectivity index (χ3n) is 7.62. The van der Waals surface area contributed by atoms with Gasteiger partial charge in [-0.3, -0.25) is 9.59 Å². The molecule has 0 aromatic heterocycles. The van der Waals surface area contributed by atoms with E-state index in [0.29, 0.717) is 23.5 Å². The standard InChI is InChI=1S/C32H35N3O4S/c1-2-3-4-5-10-17-35-28-18-21(30(33)36)15-16-29(28)40-20-27(31(35)37)34-32(38)39-19-26-24-13-8-6-11-22(24)23-12-7-9-14-25(23)26/h6-9,11-16,18,26-27H,2-5,10,17,19-20H2,1H3,(H2,33,36)(H,34,38)/t27-/m0/s1. The van der Waals surface area contributed by atoms with Crippen LogP contribution < -0.4 is 16.0 Å². The van der Waals surface area contributed by atoms with Crippen molar-refractivity contribution in [1.82, 2.24) is 5.32 Å². The third kappa shape index (κ3) is 5.87. The summed E-state index contributed by atoms with van der Waals surface area (Å²) in [5.41, 5.74) is 11.1. The first kappa shape index (κ1) is 27.8. The predicted molar refractivity (Wildman–Crippen MR) is 159 cm³/mol. The van der Waals surface area contributed by atoms with Gasteiger partial charge in [0, 0.05) is 28.7 Å². The Balaban J connectivity index is 1.29. The van der Waals surface area contributed by atoms with Gasteiger partial charge in [-0.25, -0.2) is 4.79 Å². The fraction of sp³-hybridized carbons (Fsp3) is 0.344. The Morgan fingerprint density at radius 3 is 2.33 bits per heavy atom. The van der Waals surface area contributed by atoms with Crippen LogP contribution in [0.25, 0.3) is 11.1 Å². The van der Waals surface area contributed by atoms with Crippen molar-refractivity contribution < 1.29 is 19.1 Å². The molecular weight excluding hydrogens is 522 g/mol. The average Bonchev–Trinajstić information content (AvgIpc) is 3.22. The summed E-state index contributed by atoms with van der Waals surface area (Å²) >= 11 is 1.47. The number of rotatable bonds is 10. The number of unbranched alkanes of at least 4 members (excludes halogenated alkanes) is 4. The Labute approximate surface area is 239 Å². The molecule has 3 aromatic rings. The Morgan fingerprint density at radius 2 is 1.65 bits per heavy atom. The van der Waals surface area contributed by atoms with E-state index in [4.69, 9.17) is 10.5 Å². The number of benzene rings is 3. The first-order chi connectivity index (χ1) is 19.5. The first-order valence-electron chi connectivity index (χ1n) is 14.0. The molecule has 3 N–H and O–H groups in total. The molecule has 0 saturated carbocycles. The minimum absolute atomic E-state index is 0.0616. The minimum Gasteiger partial charge on any atom is -0.449 e. The van der Waals surface area contributed by atoms with Crippen molar-refractivity contribution in [2.24, 2.45) is 5.73 Å². The highest BCUT2D eigenvalue weighted by Gasteiger charge is 2.34. The van der Waals surface area contributed by atoms with E-state index in [2.05, 4.69) is 36.5 Å². The number of hydrogen-bond donors (Lipinski definition) is 2. The largest absolute Gasteiger partial charge is 0.449 e. The summed E-state index contributed by atoms with van der Waals surface area (Å²) in [4.78, 5) is 41.2. The van der Waals surface area contributed by atoms with Crippen LogP contribution in [-0.4, -0.2) is 42.9 Å². The van der Waals surface area contributed by atoms with E-state index in [-0.39, 0.29) is 18.4 Å². The number of hydrogen-bond acceptors (Lipinski definition) is 5. The zero-order chi connectivity index (χ0) is 28.1. The normalized spacial score (nSPS) is 16.1. The van der Waals surface area contributed by atoms with Crippen LogP contribution in [0.3, 0.4) is 0 Å². The van der Waals surface area contributed by atoms with Gasteiger partial charge in [0.25, 0.3) is 5.91 Å². The van der Waals surface area contributed by atoms with Crippen LogP contribution in [0.1, 0.15) is 66.4 Å². The van der Waals surface area contributed by atoms with Gasteiger partial charge in [-0.2, -0.15) is 0 Å². The lowest BCUT2D eigenvalue weighted by Crippen LogP contribution is -2.50. The van der Waals surface area contributed by atoms with Crippen molar-refractivity contribution in [3.8, 4) is 11.1 Å². The third-order valence-corrected chi connectivity index (χ3v) is 8.78. The average molecular weight is 558 g/mol. The molecule has 8 heteroatoms. The number of ether oxygens (including phenoxy) is 1. The molecule has 1 aliphatic heterocycles. The molecule has 1 atom stereocenters. The molecule has 0 bridgehead atoms. The fourth-order valence-corrected chi connectivity index (χ4v) is 6.60. The van der Waals surface area contributed by atoms with Crippen LogP contribution in [0.4, 0.5) is 10.5 Å². The van der Waals surface area contributed by atoms with Crippen LogP contribution in [0.5, 0.6) is 0 Å². The molecule has 3 amide bonds. The lowest BCUT2D eigenvalue weighted by atomic mass is 9.98. The number of primary amides is 1. The van der Waals surface area contributed by atoms with Crippen LogP contribution >= 0.6 is 11.8 Å². The number of thioether (sulfide) groups is 1. The van der Waals surface area contributed by atoms with E-state index < -0.39 is 18.0 Å². The van der Waals surface area contributed by atoms with Gasteiger partial charge in [0.15, 0.2) is 0 Å². The second-order valence-corrected chi connectivity index (χ2v) is 11.3. The molecule has 1 heterocycles. The molecular formula is C32H35N3O4S. The second kappa shape index (κ2) is 12.6. The van der Waals surface area contributed by atoms with Gasteiger partial charge in [0.1, 0.15) is 12.6 Å². The molecule has 208 valence electrons. The van der Waals surface area contributed by atoms with Crippen molar-refractivity contribution in [2.45, 2.75) is 55.9 Å². The molecule has 0 fully saturated rings. The highest BCUT2D eigenvalue weighted by molar-refractivity contribution is 7.99. The number of amides is 3. The van der Waals surface area contributed by atoms with Crippen molar-refractivity contribution in [3.05, 3.63) is 83.4 Å². The van der Waals surface area contributed by atoms with E-state index in [1.54, 1.807) is 17.0 Å². The van der Waals surface area contributed by atoms with E-state index >= 15 is 0 Å². The van der Waals surface area contributed by atoms with Crippen LogP contribution in [0.15, 0.2) is 71.6 Å². The van der Waals surface area contributed by atoms with Crippen molar-refractivity contribution in [2.75, 3.05) is 23.8 Å². The molecule has 0 unspecified atom stereocenters. The summed E-state index contributed by atoms with van der Waals surface area (Å²) in [6.07, 6.45) is 4.60. The maximum absolute atomic E-state index is 13.8. The molecule has 1 aliphatic carbocycles. The first-order valence-corrected chi connectivity index (χ1v) is 15.0. The van der Waals surface area contributed by atoms with Crippen LogP contribution in [0, 0.1) is 0 Å². The van der Waals surface area contributed by atoms with Gasteiger partial charge in [-0.15, -0.1) is 11.8 Å². The molecule has 0 radical (unpaired) electrons. The number of carbonyl (C=O) groups excluding carboxylic acids is 3. The molecule has 2 aliphatic rings. The van der Waals surface area contributed by atoms with Gasteiger partial charge in [-0.05, 0) is 46.9 Å². The number of alkyl carbamates (subject to hydrolysis) is 1. The van der Waals surface area contributed by atoms with Gasteiger partial charge in [0.2, 0.25) is 5.91 Å². The lowest BCUT2D eigenvalue weighted by Gasteiger charge is -2.26. The predicted octanol–water partition coefficient (Wildman–Crippen LogP) is 6.10. The van der Waals surface area contributed by atoms with Gasteiger partial charge < -0.3 is 20.7 Å². The van der Waals surface area contributed by atoms with E-state index in [9.17, 15) is 14.4 Å². The second-order valence-electron chi connectivity index (χ2n) is 10.3. The molecule has 7 nitrogen and oxygen atoms in total. The quantitative estimate of drug-likeness (QED) is 0.293. The lowest BCUT2D eigenvalue weighted by molar-refractivity contribution is -0.120. The Hall–Kier alpha value is -3.78. The number of nitrogens with one attached hydrogen (secondary N) is 1. The molecule has 5 rings (SSSR count). The van der Waals surface area contributed by atoms with Crippen molar-refractivity contribution in [1.29, 1.82) is 0 Å². The van der Waals surface area contributed by atoms with Gasteiger partial charge in [-0.1, -0.05) is 81.1 Å². The number of anilines is 1. The summed E-state index contributed by atoms with van der Waals surface area (Å²) in [6, 6.07) is 20.8. The van der Waals surface area contributed by atoms with E-state index in [1.165, 1.54) is 11.8 Å². The number of nitrogens with two attached hydrogens (primary N) is 1. The number of carbonyl (C=O) groups is 3. The monoisotopic (exact) mass is 557 g/mol. The fourth-order valence-electron chi connectivity index (χ4n) is 5.54. The SMILES string of the molecule is CCCCCCCN1C(=O)[C@@H](NC(=O)OCC2c3ccccc3-c3ccccc32)CSc2ccc(C(N)=O)cc21. The Bertz CT molecular complexity index is 1360. The summed E-state index contributed by atoms with van der Waals surface area (Å²) in [7, 11) is 0. The minimum atomic E-state index is -0.763. The summed E-state index contributed by atoms with van der Waals surface area (Å²) in [5.74, 6) is -0.454. The number of nitrogens with zero attached hydrogens (tertiary/aromatic N) is 1. The van der Waals surface area contributed by atoms with Crippen LogP contribution in [-0.2, 0) is 9.53 Å².